The normalized spacial score (nSPS) is 17.7. The van der Waals surface area contributed by atoms with Gasteiger partial charge in [-0.2, -0.15) is 0 Å². The summed E-state index contributed by atoms with van der Waals surface area (Å²) in [5, 5.41) is 10.7. The topological polar surface area (TPSA) is 24.1 Å². The minimum absolute atomic E-state index is 0.0677. The minimum atomic E-state index is -0.135. The second-order valence-corrected chi connectivity index (χ2v) is 14.9. The number of allylic oxidation sites excluding steroid dienone is 1. The summed E-state index contributed by atoms with van der Waals surface area (Å²) in [6.07, 6.45) is 5.73. The van der Waals surface area contributed by atoms with E-state index in [2.05, 4.69) is 223 Å². The first-order valence-electron chi connectivity index (χ1n) is 19.7. The lowest BCUT2D eigenvalue weighted by Crippen LogP contribution is -2.40. The number of rotatable bonds is 7. The number of benzene rings is 8. The van der Waals surface area contributed by atoms with Crippen LogP contribution in [0.15, 0.2) is 212 Å². The van der Waals surface area contributed by atoms with Gasteiger partial charge in [0.15, 0.2) is 0 Å². The number of fused-ring (bicyclic) bond motifs is 3. The molecule has 0 amide bonds. The van der Waals surface area contributed by atoms with E-state index in [1.54, 1.807) is 0 Å². The summed E-state index contributed by atoms with van der Waals surface area (Å²) in [4.78, 5) is 0. The summed E-state index contributed by atoms with van der Waals surface area (Å²) < 4.78 is 0. The van der Waals surface area contributed by atoms with Crippen LogP contribution in [0.25, 0.3) is 44.3 Å². The summed E-state index contributed by atoms with van der Waals surface area (Å²) in [7, 11) is 0. The number of hydrogen-bond donors (Lipinski definition) is 2. The first-order chi connectivity index (χ1) is 27.7. The van der Waals surface area contributed by atoms with Crippen molar-refractivity contribution < 1.29 is 0 Å². The summed E-state index contributed by atoms with van der Waals surface area (Å²) >= 11 is 0. The molecule has 268 valence electrons. The van der Waals surface area contributed by atoms with E-state index in [0.717, 1.165) is 12.1 Å². The van der Waals surface area contributed by atoms with Gasteiger partial charge in [0.2, 0.25) is 0 Å². The van der Waals surface area contributed by atoms with Crippen LogP contribution in [0.5, 0.6) is 0 Å². The fourth-order valence-electron chi connectivity index (χ4n) is 8.76. The highest BCUT2D eigenvalue weighted by molar-refractivity contribution is 6.01. The van der Waals surface area contributed by atoms with Gasteiger partial charge in [-0.15, -0.1) is 0 Å². The molecule has 0 saturated carbocycles. The van der Waals surface area contributed by atoms with Crippen LogP contribution in [0.4, 0.5) is 0 Å². The fraction of sp³-hybridized carbons (Fsp3) is 0.0741. The molecule has 0 saturated heterocycles. The Morgan fingerprint density at radius 2 is 0.982 bits per heavy atom. The molecule has 2 nitrogen and oxygen atoms in total. The average molecular weight is 719 g/mol. The molecule has 1 heterocycles. The van der Waals surface area contributed by atoms with Crippen LogP contribution in [0.2, 0.25) is 0 Å². The van der Waals surface area contributed by atoms with E-state index < -0.39 is 0 Å². The van der Waals surface area contributed by atoms with E-state index in [9.17, 15) is 0 Å². The number of hydrogen-bond acceptors (Lipinski definition) is 2. The zero-order chi connectivity index (χ0) is 37.3. The molecule has 10 rings (SSSR count). The van der Waals surface area contributed by atoms with E-state index in [1.807, 2.05) is 0 Å². The van der Waals surface area contributed by atoms with E-state index in [0.29, 0.717) is 0 Å². The molecule has 2 heteroatoms. The lowest BCUT2D eigenvalue weighted by atomic mass is 9.74. The second kappa shape index (κ2) is 14.8. The lowest BCUT2D eigenvalue weighted by molar-refractivity contribution is 0.441. The fourth-order valence-corrected chi connectivity index (χ4v) is 8.76. The zero-order valence-corrected chi connectivity index (χ0v) is 31.1. The monoisotopic (exact) mass is 718 g/mol. The van der Waals surface area contributed by atoms with Crippen molar-refractivity contribution in [2.24, 2.45) is 0 Å². The Morgan fingerprint density at radius 3 is 1.70 bits per heavy atom. The standard InChI is InChI=1S/C54H42N2/c1-5-17-37(18-6-1)41-26-15-28-44(31-41)51-36-52(56-54(55-51)45-29-16-27-42(32-45)38-19-7-2-8-20-38)49-33-43-25-13-14-30-47(43)53-48(40-23-11-4-12-24-40)34-46(35-50(49)53)39-21-9-3-10-22-39/h1-34,36,46,52,54-56H,35H2. The van der Waals surface area contributed by atoms with Crippen molar-refractivity contribution in [3.63, 3.8) is 0 Å². The molecule has 8 aromatic carbocycles. The van der Waals surface area contributed by atoms with Gasteiger partial charge in [-0.05, 0) is 108 Å². The third kappa shape index (κ3) is 6.55. The molecule has 2 N–H and O–H groups in total. The maximum Gasteiger partial charge on any atom is 0.104 e. The average Bonchev–Trinajstić information content (AvgIpc) is 3.29. The number of nitrogens with one attached hydrogen (secondary N) is 2. The maximum atomic E-state index is 4.13. The highest BCUT2D eigenvalue weighted by Crippen LogP contribution is 2.46. The van der Waals surface area contributed by atoms with Crippen LogP contribution in [0.1, 0.15) is 57.1 Å². The summed E-state index contributed by atoms with van der Waals surface area (Å²) in [6.45, 7) is 0. The zero-order valence-electron chi connectivity index (χ0n) is 31.1. The van der Waals surface area contributed by atoms with Crippen molar-refractivity contribution in [1.82, 2.24) is 10.6 Å². The minimum Gasteiger partial charge on any atom is -0.366 e. The van der Waals surface area contributed by atoms with Crippen LogP contribution in [0, 0.1) is 0 Å². The molecule has 1 aliphatic heterocycles. The molecule has 2 aliphatic rings. The molecule has 8 aromatic rings. The Hall–Kier alpha value is -6.74. The highest BCUT2D eigenvalue weighted by Gasteiger charge is 2.31. The first kappa shape index (κ1) is 33.8. The van der Waals surface area contributed by atoms with E-state index in [-0.39, 0.29) is 18.1 Å². The van der Waals surface area contributed by atoms with Crippen LogP contribution in [-0.4, -0.2) is 0 Å². The van der Waals surface area contributed by atoms with Gasteiger partial charge in [0.25, 0.3) is 0 Å². The van der Waals surface area contributed by atoms with Crippen molar-refractivity contribution in [3.8, 4) is 22.3 Å². The van der Waals surface area contributed by atoms with Crippen LogP contribution in [0.3, 0.4) is 0 Å². The van der Waals surface area contributed by atoms with Crippen molar-refractivity contribution >= 4 is 22.0 Å². The predicted molar refractivity (Wildman–Crippen MR) is 234 cm³/mol. The summed E-state index contributed by atoms with van der Waals surface area (Å²) in [5.41, 5.74) is 16.3. The molecule has 0 fully saturated rings. The third-order valence-electron chi connectivity index (χ3n) is 11.5. The molecule has 1 aliphatic carbocycles. The van der Waals surface area contributed by atoms with E-state index >= 15 is 0 Å². The molecule has 0 bridgehead atoms. The van der Waals surface area contributed by atoms with Gasteiger partial charge >= 0.3 is 0 Å². The second-order valence-electron chi connectivity index (χ2n) is 14.9. The van der Waals surface area contributed by atoms with Gasteiger partial charge in [-0.1, -0.05) is 188 Å². The molecule has 0 radical (unpaired) electrons. The smallest absolute Gasteiger partial charge is 0.104 e. The van der Waals surface area contributed by atoms with Crippen molar-refractivity contribution in [2.75, 3.05) is 0 Å². The molecule has 3 atom stereocenters. The predicted octanol–water partition coefficient (Wildman–Crippen LogP) is 12.9. The van der Waals surface area contributed by atoms with E-state index in [4.69, 9.17) is 0 Å². The molecule has 0 aromatic heterocycles. The van der Waals surface area contributed by atoms with Crippen molar-refractivity contribution in [3.05, 3.63) is 251 Å². The van der Waals surface area contributed by atoms with Gasteiger partial charge < -0.3 is 5.32 Å². The van der Waals surface area contributed by atoms with Crippen LogP contribution >= 0.6 is 0 Å². The highest BCUT2D eigenvalue weighted by atomic mass is 15.2. The SMILES string of the molecule is C1=C(c2cccc(-c3ccccc3)c2)NC(c2cccc(-c3ccccc3)c2)NC1c1cc2ccccc2c2c1CC(c1ccccc1)C=C2c1ccccc1. The largest absolute Gasteiger partial charge is 0.366 e. The summed E-state index contributed by atoms with van der Waals surface area (Å²) in [5.74, 6) is 0.241. The third-order valence-corrected chi connectivity index (χ3v) is 11.5. The molecular weight excluding hydrogens is 677 g/mol. The lowest BCUT2D eigenvalue weighted by Gasteiger charge is -2.36. The maximum absolute atomic E-state index is 4.13. The quantitative estimate of drug-likeness (QED) is 0.171. The van der Waals surface area contributed by atoms with E-state index in [1.165, 1.54) is 77.5 Å². The molecule has 56 heavy (non-hydrogen) atoms. The first-order valence-corrected chi connectivity index (χ1v) is 19.7. The Kier molecular flexibility index (Phi) is 8.95. The molecular formula is C54H42N2. The van der Waals surface area contributed by atoms with Crippen molar-refractivity contribution in [1.29, 1.82) is 0 Å². The molecule has 0 spiro atoms. The molecule has 3 unspecified atom stereocenters. The Bertz CT molecular complexity index is 2710. The van der Waals surface area contributed by atoms with Gasteiger partial charge in [-0.25, -0.2) is 0 Å². The Morgan fingerprint density at radius 1 is 0.429 bits per heavy atom. The Balaban J connectivity index is 1.17. The van der Waals surface area contributed by atoms with Crippen LogP contribution < -0.4 is 10.6 Å². The summed E-state index contributed by atoms with van der Waals surface area (Å²) in [6, 6.07) is 72.6. The van der Waals surface area contributed by atoms with Gasteiger partial charge in [0.1, 0.15) is 6.17 Å². The van der Waals surface area contributed by atoms with Gasteiger partial charge in [-0.3, -0.25) is 5.32 Å². The van der Waals surface area contributed by atoms with Gasteiger partial charge in [0.05, 0.1) is 6.04 Å². The van der Waals surface area contributed by atoms with Crippen LogP contribution in [-0.2, 0) is 6.42 Å². The Labute approximate surface area is 329 Å². The van der Waals surface area contributed by atoms with Crippen molar-refractivity contribution in [2.45, 2.75) is 24.5 Å². The van der Waals surface area contributed by atoms with Gasteiger partial charge in [0, 0.05) is 11.6 Å².